The van der Waals surface area contributed by atoms with Gasteiger partial charge in [-0.2, -0.15) is 5.10 Å². The maximum absolute atomic E-state index is 12.0. The Morgan fingerprint density at radius 1 is 1.15 bits per heavy atom. The van der Waals surface area contributed by atoms with Crippen LogP contribution in [0.25, 0.3) is 0 Å². The summed E-state index contributed by atoms with van der Waals surface area (Å²) in [5.41, 5.74) is 3.07. The van der Waals surface area contributed by atoms with Crippen LogP contribution in [0.2, 0.25) is 0 Å². The lowest BCUT2D eigenvalue weighted by molar-refractivity contribution is -0.135. The number of carbonyl (C=O) groups is 2. The zero-order valence-electron chi connectivity index (χ0n) is 15.4. The van der Waals surface area contributed by atoms with Gasteiger partial charge in [0, 0.05) is 18.5 Å². The number of hydrazone groups is 1. The average molecular weight is 363 g/mol. The van der Waals surface area contributed by atoms with Crippen molar-refractivity contribution in [2.24, 2.45) is 5.10 Å². The van der Waals surface area contributed by atoms with Gasteiger partial charge in [0.1, 0.15) is 6.54 Å². The smallest absolute Gasteiger partial charge is 0.259 e. The van der Waals surface area contributed by atoms with E-state index in [4.69, 9.17) is 14.2 Å². The van der Waals surface area contributed by atoms with Crippen LogP contribution >= 0.6 is 0 Å². The van der Waals surface area contributed by atoms with Crippen LogP contribution in [0.5, 0.6) is 17.2 Å². The van der Waals surface area contributed by atoms with E-state index in [9.17, 15) is 9.59 Å². The zero-order chi connectivity index (χ0) is 18.9. The summed E-state index contributed by atoms with van der Waals surface area (Å²) >= 11 is 0. The highest BCUT2D eigenvalue weighted by molar-refractivity contribution is 5.88. The molecule has 8 nitrogen and oxygen atoms in total. The normalized spacial score (nSPS) is 14.9. The van der Waals surface area contributed by atoms with Gasteiger partial charge in [0.05, 0.1) is 27.5 Å². The highest BCUT2D eigenvalue weighted by Gasteiger charge is 2.19. The number of nitrogens with zero attached hydrogens (tertiary/aromatic N) is 2. The van der Waals surface area contributed by atoms with Crippen molar-refractivity contribution in [1.82, 2.24) is 10.3 Å². The third-order valence-electron chi connectivity index (χ3n) is 4.13. The van der Waals surface area contributed by atoms with Gasteiger partial charge in [-0.15, -0.1) is 0 Å². The van der Waals surface area contributed by atoms with E-state index in [0.29, 0.717) is 35.8 Å². The van der Waals surface area contributed by atoms with E-state index in [0.717, 1.165) is 19.3 Å². The topological polar surface area (TPSA) is 89.5 Å². The van der Waals surface area contributed by atoms with Gasteiger partial charge in [-0.3, -0.25) is 9.59 Å². The van der Waals surface area contributed by atoms with E-state index in [1.807, 2.05) is 0 Å². The molecule has 2 amide bonds. The molecule has 1 heterocycles. The summed E-state index contributed by atoms with van der Waals surface area (Å²) in [5.74, 6) is 1.11. The van der Waals surface area contributed by atoms with Gasteiger partial charge < -0.3 is 19.1 Å². The van der Waals surface area contributed by atoms with Crippen LogP contribution in [0.1, 0.15) is 31.2 Å². The molecule has 142 valence electrons. The molecule has 1 aliphatic rings. The SMILES string of the molecule is COc1ccc(/C=N\NC(=O)CN2CCCCCC2=O)c(OC)c1OC. The number of rotatable bonds is 7. The van der Waals surface area contributed by atoms with E-state index in [2.05, 4.69) is 10.5 Å². The largest absolute Gasteiger partial charge is 0.493 e. The summed E-state index contributed by atoms with van der Waals surface area (Å²) in [6.07, 6.45) is 4.78. The van der Waals surface area contributed by atoms with Crippen molar-refractivity contribution in [3.63, 3.8) is 0 Å². The molecule has 0 radical (unpaired) electrons. The molecule has 1 N–H and O–H groups in total. The summed E-state index contributed by atoms with van der Waals surface area (Å²) < 4.78 is 15.9. The number of benzene rings is 1. The van der Waals surface area contributed by atoms with Crippen LogP contribution in [0.3, 0.4) is 0 Å². The van der Waals surface area contributed by atoms with Crippen LogP contribution in [-0.4, -0.2) is 57.3 Å². The first-order chi connectivity index (χ1) is 12.6. The van der Waals surface area contributed by atoms with E-state index >= 15 is 0 Å². The molecule has 1 fully saturated rings. The molecule has 0 unspecified atom stereocenters. The molecule has 0 atom stereocenters. The van der Waals surface area contributed by atoms with Gasteiger partial charge >= 0.3 is 0 Å². The minimum absolute atomic E-state index is 0.0131. The second-order valence-electron chi connectivity index (χ2n) is 5.84. The molecule has 1 aliphatic heterocycles. The van der Waals surface area contributed by atoms with E-state index < -0.39 is 0 Å². The fourth-order valence-electron chi connectivity index (χ4n) is 2.81. The predicted octanol–water partition coefficient (Wildman–Crippen LogP) is 1.57. The minimum Gasteiger partial charge on any atom is -0.493 e. The molecule has 0 saturated carbocycles. The van der Waals surface area contributed by atoms with Crippen LogP contribution in [-0.2, 0) is 9.59 Å². The van der Waals surface area contributed by atoms with Crippen molar-refractivity contribution in [3.8, 4) is 17.2 Å². The summed E-state index contributed by atoms with van der Waals surface area (Å²) in [6, 6.07) is 3.47. The molecule has 26 heavy (non-hydrogen) atoms. The number of amides is 2. The van der Waals surface area contributed by atoms with Crippen LogP contribution < -0.4 is 19.6 Å². The Balaban J connectivity index is 2.01. The van der Waals surface area contributed by atoms with Crippen molar-refractivity contribution >= 4 is 18.0 Å². The van der Waals surface area contributed by atoms with Gasteiger partial charge in [0.15, 0.2) is 11.5 Å². The molecular formula is C18H25N3O5. The summed E-state index contributed by atoms with van der Waals surface area (Å²) in [6.45, 7) is 0.624. The number of hydrogen-bond acceptors (Lipinski definition) is 6. The molecule has 2 rings (SSSR count). The van der Waals surface area contributed by atoms with Gasteiger partial charge in [-0.1, -0.05) is 6.42 Å². The first-order valence-electron chi connectivity index (χ1n) is 8.49. The lowest BCUT2D eigenvalue weighted by Gasteiger charge is -2.18. The number of methoxy groups -OCH3 is 3. The summed E-state index contributed by atoms with van der Waals surface area (Å²) in [7, 11) is 4.56. The van der Waals surface area contributed by atoms with Crippen molar-refractivity contribution in [2.75, 3.05) is 34.4 Å². The van der Waals surface area contributed by atoms with E-state index in [1.54, 1.807) is 17.0 Å². The molecule has 0 aromatic heterocycles. The Bertz CT molecular complexity index is 675. The zero-order valence-corrected chi connectivity index (χ0v) is 15.4. The Kier molecular flexibility index (Phi) is 7.25. The lowest BCUT2D eigenvalue weighted by atomic mass is 10.2. The molecule has 1 aromatic carbocycles. The van der Waals surface area contributed by atoms with Crippen molar-refractivity contribution in [3.05, 3.63) is 17.7 Å². The maximum Gasteiger partial charge on any atom is 0.259 e. The van der Waals surface area contributed by atoms with Crippen LogP contribution in [0.4, 0.5) is 0 Å². The molecule has 1 aromatic rings. The number of nitrogens with one attached hydrogen (secondary N) is 1. The molecule has 0 aliphatic carbocycles. The monoisotopic (exact) mass is 363 g/mol. The summed E-state index contributed by atoms with van der Waals surface area (Å²) in [5, 5.41) is 3.96. The molecule has 8 heteroatoms. The Hall–Kier alpha value is -2.77. The summed E-state index contributed by atoms with van der Waals surface area (Å²) in [4.78, 5) is 25.5. The highest BCUT2D eigenvalue weighted by atomic mass is 16.5. The maximum atomic E-state index is 12.0. The standard InChI is InChI=1S/C18H25N3O5/c1-24-14-9-8-13(17(25-2)18(14)26-3)11-19-20-15(22)12-21-10-6-4-5-7-16(21)23/h8-9,11H,4-7,10,12H2,1-3H3,(H,20,22)/b19-11-. The van der Waals surface area contributed by atoms with E-state index in [-0.39, 0.29) is 18.4 Å². The minimum atomic E-state index is -0.337. The first kappa shape index (κ1) is 19.6. The first-order valence-corrected chi connectivity index (χ1v) is 8.49. The molecule has 0 spiro atoms. The number of likely N-dealkylation sites (tertiary alicyclic amines) is 1. The second kappa shape index (κ2) is 9.65. The van der Waals surface area contributed by atoms with Crippen molar-refractivity contribution < 1.29 is 23.8 Å². The molecular weight excluding hydrogens is 338 g/mol. The number of ether oxygens (including phenoxy) is 3. The molecule has 0 bridgehead atoms. The van der Waals surface area contributed by atoms with Crippen LogP contribution in [0.15, 0.2) is 17.2 Å². The average Bonchev–Trinajstić information content (AvgIpc) is 2.85. The third kappa shape index (κ3) is 4.87. The highest BCUT2D eigenvalue weighted by Crippen LogP contribution is 2.38. The second-order valence-corrected chi connectivity index (χ2v) is 5.84. The Morgan fingerprint density at radius 3 is 2.62 bits per heavy atom. The fourth-order valence-corrected chi connectivity index (χ4v) is 2.81. The molecule has 1 saturated heterocycles. The van der Waals surface area contributed by atoms with Gasteiger partial charge in [-0.05, 0) is 25.0 Å². The number of carbonyl (C=O) groups excluding carboxylic acids is 2. The van der Waals surface area contributed by atoms with Gasteiger partial charge in [0.2, 0.25) is 11.7 Å². The number of hydrogen-bond donors (Lipinski definition) is 1. The Morgan fingerprint density at radius 2 is 1.92 bits per heavy atom. The van der Waals surface area contributed by atoms with Crippen LogP contribution in [0, 0.1) is 0 Å². The third-order valence-corrected chi connectivity index (χ3v) is 4.13. The predicted molar refractivity (Wildman–Crippen MR) is 96.9 cm³/mol. The van der Waals surface area contributed by atoms with E-state index in [1.165, 1.54) is 27.5 Å². The quantitative estimate of drug-likeness (QED) is 0.587. The lowest BCUT2D eigenvalue weighted by Crippen LogP contribution is -2.39. The van der Waals surface area contributed by atoms with Crippen molar-refractivity contribution in [1.29, 1.82) is 0 Å². The van der Waals surface area contributed by atoms with Gasteiger partial charge in [-0.25, -0.2) is 5.43 Å². The Labute approximate surface area is 153 Å². The van der Waals surface area contributed by atoms with Crippen molar-refractivity contribution in [2.45, 2.75) is 25.7 Å². The fraction of sp³-hybridized carbons (Fsp3) is 0.500. The van der Waals surface area contributed by atoms with Gasteiger partial charge in [0.25, 0.3) is 5.91 Å².